The second kappa shape index (κ2) is 3.81. The molecule has 5 heteroatoms. The predicted molar refractivity (Wildman–Crippen MR) is 60.3 cm³/mol. The third kappa shape index (κ3) is 1.73. The minimum absolute atomic E-state index is 0.0207. The number of sulfone groups is 1. The fourth-order valence-corrected chi connectivity index (χ4v) is 4.35. The summed E-state index contributed by atoms with van der Waals surface area (Å²) in [6.45, 7) is 1.91. The van der Waals surface area contributed by atoms with Crippen LogP contribution in [-0.4, -0.2) is 13.2 Å². The Morgan fingerprint density at radius 3 is 2.29 bits per heavy atom. The van der Waals surface area contributed by atoms with Crippen molar-refractivity contribution in [2.24, 2.45) is 5.92 Å². The second-order valence-electron chi connectivity index (χ2n) is 4.58. The van der Waals surface area contributed by atoms with Gasteiger partial charge in [-0.2, -0.15) is 5.26 Å². The summed E-state index contributed by atoms with van der Waals surface area (Å²) in [6.07, 6.45) is 0.701. The maximum Gasteiger partial charge on any atom is 0.197 e. The molecule has 1 fully saturated rings. The van der Waals surface area contributed by atoms with E-state index in [2.05, 4.69) is 0 Å². The Balaban J connectivity index is 2.44. The molecule has 0 unspecified atom stereocenters. The molecule has 0 N–H and O–H groups in total. The Morgan fingerprint density at radius 2 is 1.88 bits per heavy atom. The van der Waals surface area contributed by atoms with Crippen LogP contribution in [0.2, 0.25) is 0 Å². The van der Waals surface area contributed by atoms with Crippen molar-refractivity contribution < 1.29 is 12.8 Å². The molecule has 90 valence electrons. The third-order valence-electron chi connectivity index (χ3n) is 3.20. The van der Waals surface area contributed by atoms with Gasteiger partial charge >= 0.3 is 0 Å². The standard InChI is InChI=1S/C12H12FNO2S/c1-9-6-12(7-9,8-14)17(15,16)11-4-2-10(13)3-5-11/h2-5,9H,6-7H2,1H3. The van der Waals surface area contributed by atoms with Gasteiger partial charge in [-0.3, -0.25) is 0 Å². The van der Waals surface area contributed by atoms with Crippen molar-refractivity contribution >= 4 is 9.84 Å². The number of hydrogen-bond donors (Lipinski definition) is 0. The van der Waals surface area contributed by atoms with Crippen molar-refractivity contribution in [3.8, 4) is 6.07 Å². The van der Waals surface area contributed by atoms with Crippen molar-refractivity contribution in [3.63, 3.8) is 0 Å². The summed E-state index contributed by atoms with van der Waals surface area (Å²) in [6, 6.07) is 6.54. The lowest BCUT2D eigenvalue weighted by Gasteiger charge is -2.39. The highest BCUT2D eigenvalue weighted by molar-refractivity contribution is 7.93. The van der Waals surface area contributed by atoms with E-state index in [9.17, 15) is 12.8 Å². The van der Waals surface area contributed by atoms with Crippen LogP contribution in [0.15, 0.2) is 29.2 Å². The van der Waals surface area contributed by atoms with Crippen molar-refractivity contribution in [1.29, 1.82) is 5.26 Å². The Labute approximate surface area is 99.8 Å². The van der Waals surface area contributed by atoms with Gasteiger partial charge in [0, 0.05) is 0 Å². The van der Waals surface area contributed by atoms with Crippen molar-refractivity contribution in [2.45, 2.75) is 29.4 Å². The maximum atomic E-state index is 12.8. The van der Waals surface area contributed by atoms with Crippen molar-refractivity contribution in [2.75, 3.05) is 0 Å². The van der Waals surface area contributed by atoms with E-state index < -0.39 is 20.4 Å². The molecule has 1 saturated carbocycles. The largest absolute Gasteiger partial charge is 0.222 e. The summed E-state index contributed by atoms with van der Waals surface area (Å²) >= 11 is 0. The van der Waals surface area contributed by atoms with E-state index in [-0.39, 0.29) is 10.8 Å². The molecule has 0 radical (unpaired) electrons. The molecule has 1 aromatic rings. The zero-order valence-electron chi connectivity index (χ0n) is 9.35. The molecule has 1 aromatic carbocycles. The highest BCUT2D eigenvalue weighted by atomic mass is 32.2. The highest BCUT2D eigenvalue weighted by Gasteiger charge is 2.53. The van der Waals surface area contributed by atoms with E-state index in [0.717, 1.165) is 12.1 Å². The lowest BCUT2D eigenvalue weighted by Crippen LogP contribution is -2.48. The van der Waals surface area contributed by atoms with Gasteiger partial charge in [-0.25, -0.2) is 12.8 Å². The number of rotatable bonds is 2. The van der Waals surface area contributed by atoms with E-state index in [4.69, 9.17) is 5.26 Å². The van der Waals surface area contributed by atoms with Crippen LogP contribution in [-0.2, 0) is 9.84 Å². The van der Waals surface area contributed by atoms with Crippen LogP contribution in [0.1, 0.15) is 19.8 Å². The molecule has 0 heterocycles. The van der Waals surface area contributed by atoms with Crippen LogP contribution in [0.25, 0.3) is 0 Å². The van der Waals surface area contributed by atoms with E-state index in [1.807, 2.05) is 13.0 Å². The summed E-state index contributed by atoms with van der Waals surface area (Å²) in [5.41, 5.74) is 0. The molecule has 2 rings (SSSR count). The minimum Gasteiger partial charge on any atom is -0.222 e. The van der Waals surface area contributed by atoms with Gasteiger partial charge in [-0.1, -0.05) is 6.92 Å². The monoisotopic (exact) mass is 253 g/mol. The average Bonchev–Trinajstić information content (AvgIpc) is 2.24. The summed E-state index contributed by atoms with van der Waals surface area (Å²) in [7, 11) is -3.69. The average molecular weight is 253 g/mol. The Hall–Kier alpha value is -1.41. The highest BCUT2D eigenvalue weighted by Crippen LogP contribution is 2.45. The quantitative estimate of drug-likeness (QED) is 0.760. The Bertz CT molecular complexity index is 566. The Kier molecular flexibility index (Phi) is 2.70. The first kappa shape index (κ1) is 12.1. The molecular formula is C12H12FNO2S. The van der Waals surface area contributed by atoms with Crippen LogP contribution in [0.3, 0.4) is 0 Å². The molecule has 0 amide bonds. The first-order valence-corrected chi connectivity index (χ1v) is 6.81. The van der Waals surface area contributed by atoms with E-state index >= 15 is 0 Å². The molecule has 1 aliphatic rings. The van der Waals surface area contributed by atoms with E-state index in [1.54, 1.807) is 0 Å². The van der Waals surface area contributed by atoms with Gasteiger partial charge in [0.15, 0.2) is 14.6 Å². The van der Waals surface area contributed by atoms with Crippen LogP contribution >= 0.6 is 0 Å². The molecule has 0 atom stereocenters. The molecule has 0 aromatic heterocycles. The lowest BCUT2D eigenvalue weighted by atomic mass is 9.76. The number of benzene rings is 1. The second-order valence-corrected chi connectivity index (χ2v) is 6.84. The van der Waals surface area contributed by atoms with Gasteiger partial charge in [0.2, 0.25) is 0 Å². The fraction of sp³-hybridized carbons (Fsp3) is 0.417. The normalized spacial score (nSPS) is 28.2. The van der Waals surface area contributed by atoms with Crippen molar-refractivity contribution in [1.82, 2.24) is 0 Å². The smallest absolute Gasteiger partial charge is 0.197 e. The number of nitrogens with zero attached hydrogens (tertiary/aromatic N) is 1. The molecule has 0 bridgehead atoms. The van der Waals surface area contributed by atoms with Gasteiger partial charge in [0.25, 0.3) is 0 Å². The zero-order valence-corrected chi connectivity index (χ0v) is 10.2. The SMILES string of the molecule is CC1CC(C#N)(S(=O)(=O)c2ccc(F)cc2)C1. The molecule has 3 nitrogen and oxygen atoms in total. The topological polar surface area (TPSA) is 57.9 Å². The summed E-state index contributed by atoms with van der Waals surface area (Å²) in [5.74, 6) is -0.248. The maximum absolute atomic E-state index is 12.8. The van der Waals surface area contributed by atoms with Crippen LogP contribution in [0, 0.1) is 23.1 Å². The molecule has 0 saturated heterocycles. The summed E-state index contributed by atoms with van der Waals surface area (Å²) in [5, 5.41) is 9.10. The summed E-state index contributed by atoms with van der Waals surface area (Å²) < 4.78 is 36.0. The minimum atomic E-state index is -3.69. The van der Waals surface area contributed by atoms with Gasteiger partial charge in [-0.05, 0) is 43.0 Å². The van der Waals surface area contributed by atoms with Gasteiger partial charge in [0.05, 0.1) is 11.0 Å². The van der Waals surface area contributed by atoms with E-state index in [1.165, 1.54) is 12.1 Å². The fourth-order valence-electron chi connectivity index (χ4n) is 2.28. The van der Waals surface area contributed by atoms with Gasteiger partial charge in [-0.15, -0.1) is 0 Å². The zero-order chi connectivity index (χ0) is 12.7. The van der Waals surface area contributed by atoms with Gasteiger partial charge in [0.1, 0.15) is 5.82 Å². The molecular weight excluding hydrogens is 241 g/mol. The first-order chi connectivity index (χ1) is 7.91. The third-order valence-corrected chi connectivity index (χ3v) is 5.54. The molecule has 17 heavy (non-hydrogen) atoms. The number of hydrogen-bond acceptors (Lipinski definition) is 3. The van der Waals surface area contributed by atoms with Crippen LogP contribution in [0.4, 0.5) is 4.39 Å². The summed E-state index contributed by atoms with van der Waals surface area (Å²) in [4.78, 5) is 0.0207. The van der Waals surface area contributed by atoms with Crippen LogP contribution < -0.4 is 0 Å². The molecule has 1 aliphatic carbocycles. The molecule has 0 spiro atoms. The first-order valence-electron chi connectivity index (χ1n) is 5.33. The van der Waals surface area contributed by atoms with Crippen LogP contribution in [0.5, 0.6) is 0 Å². The van der Waals surface area contributed by atoms with Crippen molar-refractivity contribution in [3.05, 3.63) is 30.1 Å². The van der Waals surface area contributed by atoms with Gasteiger partial charge < -0.3 is 0 Å². The lowest BCUT2D eigenvalue weighted by molar-refractivity contribution is 0.287. The number of nitriles is 1. The number of halogens is 1. The molecule has 0 aliphatic heterocycles. The predicted octanol–water partition coefficient (Wildman–Crippen LogP) is 2.29. The Morgan fingerprint density at radius 1 is 1.35 bits per heavy atom. The van der Waals surface area contributed by atoms with E-state index in [0.29, 0.717) is 12.8 Å².